The number of amides is 1. The van der Waals surface area contributed by atoms with Crippen LogP contribution in [-0.4, -0.2) is 40.3 Å². The number of carbonyl (C=O) groups is 2. The smallest absolute Gasteiger partial charge is 0.411 e. The second-order valence-electron chi connectivity index (χ2n) is 6.77. The van der Waals surface area contributed by atoms with Gasteiger partial charge in [-0.1, -0.05) is 29.8 Å². The SMILES string of the molecule is CC(C)(C)OC(=O)N1CCC(c2ccccc2Cl)CC1C(=O)O. The molecule has 2 unspecified atom stereocenters. The first-order valence-corrected chi connectivity index (χ1v) is 8.03. The van der Waals surface area contributed by atoms with Gasteiger partial charge < -0.3 is 9.84 Å². The Labute approximate surface area is 141 Å². The molecule has 1 aromatic carbocycles. The molecule has 1 saturated heterocycles. The van der Waals surface area contributed by atoms with Crippen LogP contribution in [0.4, 0.5) is 4.79 Å². The maximum atomic E-state index is 12.3. The van der Waals surface area contributed by atoms with Crippen molar-refractivity contribution in [1.82, 2.24) is 4.90 Å². The summed E-state index contributed by atoms with van der Waals surface area (Å²) >= 11 is 6.22. The van der Waals surface area contributed by atoms with Gasteiger partial charge in [-0.2, -0.15) is 0 Å². The summed E-state index contributed by atoms with van der Waals surface area (Å²) in [6.07, 6.45) is 0.410. The molecule has 126 valence electrons. The minimum atomic E-state index is -1.02. The molecule has 0 aromatic heterocycles. The molecule has 0 spiro atoms. The minimum absolute atomic E-state index is 0.0171. The van der Waals surface area contributed by atoms with E-state index < -0.39 is 23.7 Å². The van der Waals surface area contributed by atoms with E-state index in [0.717, 1.165) is 5.56 Å². The van der Waals surface area contributed by atoms with Crippen molar-refractivity contribution in [3.63, 3.8) is 0 Å². The topological polar surface area (TPSA) is 66.8 Å². The highest BCUT2D eigenvalue weighted by Gasteiger charge is 2.39. The van der Waals surface area contributed by atoms with Gasteiger partial charge in [-0.05, 0) is 51.2 Å². The lowest BCUT2D eigenvalue weighted by atomic mass is 9.85. The van der Waals surface area contributed by atoms with Crippen LogP contribution in [0.15, 0.2) is 24.3 Å². The number of ether oxygens (including phenoxy) is 1. The van der Waals surface area contributed by atoms with E-state index in [4.69, 9.17) is 16.3 Å². The third kappa shape index (κ3) is 4.38. The molecule has 2 rings (SSSR count). The fourth-order valence-electron chi connectivity index (χ4n) is 2.83. The van der Waals surface area contributed by atoms with E-state index in [9.17, 15) is 14.7 Å². The van der Waals surface area contributed by atoms with Crippen molar-refractivity contribution in [2.45, 2.75) is 51.2 Å². The summed E-state index contributed by atoms with van der Waals surface area (Å²) in [5.74, 6) is -1.00. The van der Waals surface area contributed by atoms with Crippen LogP contribution in [0.3, 0.4) is 0 Å². The molecule has 1 heterocycles. The average molecular weight is 340 g/mol. The highest BCUT2D eigenvalue weighted by atomic mass is 35.5. The normalized spacial score (nSPS) is 21.8. The van der Waals surface area contributed by atoms with Gasteiger partial charge >= 0.3 is 12.1 Å². The van der Waals surface area contributed by atoms with Gasteiger partial charge in [-0.3, -0.25) is 4.90 Å². The number of halogens is 1. The lowest BCUT2D eigenvalue weighted by Gasteiger charge is -2.38. The van der Waals surface area contributed by atoms with E-state index in [1.165, 1.54) is 4.90 Å². The van der Waals surface area contributed by atoms with Crippen LogP contribution in [0.2, 0.25) is 5.02 Å². The van der Waals surface area contributed by atoms with Gasteiger partial charge in [0.2, 0.25) is 0 Å². The Kier molecular flexibility index (Phi) is 5.19. The summed E-state index contributed by atoms with van der Waals surface area (Å²) in [6, 6.07) is 6.54. The summed E-state index contributed by atoms with van der Waals surface area (Å²) in [5, 5.41) is 10.1. The van der Waals surface area contributed by atoms with Gasteiger partial charge in [0.1, 0.15) is 11.6 Å². The number of nitrogens with zero attached hydrogens (tertiary/aromatic N) is 1. The Morgan fingerprint density at radius 2 is 1.96 bits per heavy atom. The monoisotopic (exact) mass is 339 g/mol. The van der Waals surface area contributed by atoms with Gasteiger partial charge in [-0.25, -0.2) is 9.59 Å². The minimum Gasteiger partial charge on any atom is -0.480 e. The Balaban J connectivity index is 2.17. The molecule has 0 saturated carbocycles. The van der Waals surface area contributed by atoms with Crippen molar-refractivity contribution >= 4 is 23.7 Å². The second-order valence-corrected chi connectivity index (χ2v) is 7.18. The van der Waals surface area contributed by atoms with E-state index in [0.29, 0.717) is 24.4 Å². The van der Waals surface area contributed by atoms with Crippen molar-refractivity contribution in [2.75, 3.05) is 6.54 Å². The summed E-state index contributed by atoms with van der Waals surface area (Å²) in [4.78, 5) is 25.2. The number of hydrogen-bond acceptors (Lipinski definition) is 3. The molecule has 1 amide bonds. The predicted molar refractivity (Wildman–Crippen MR) is 87.8 cm³/mol. The van der Waals surface area contributed by atoms with Crippen molar-refractivity contribution in [2.24, 2.45) is 0 Å². The van der Waals surface area contributed by atoms with Gasteiger partial charge in [-0.15, -0.1) is 0 Å². The van der Waals surface area contributed by atoms with E-state index in [1.54, 1.807) is 26.8 Å². The van der Waals surface area contributed by atoms with E-state index in [-0.39, 0.29) is 5.92 Å². The fraction of sp³-hybridized carbons (Fsp3) is 0.529. The zero-order valence-electron chi connectivity index (χ0n) is 13.6. The van der Waals surface area contributed by atoms with E-state index in [2.05, 4.69) is 0 Å². The molecular formula is C17H22ClNO4. The molecule has 2 atom stereocenters. The van der Waals surface area contributed by atoms with Gasteiger partial charge in [0.05, 0.1) is 0 Å². The summed E-state index contributed by atoms with van der Waals surface area (Å²) < 4.78 is 5.32. The number of rotatable bonds is 2. The van der Waals surface area contributed by atoms with Gasteiger partial charge in [0.25, 0.3) is 0 Å². The van der Waals surface area contributed by atoms with Crippen molar-refractivity contribution in [3.05, 3.63) is 34.9 Å². The highest BCUT2D eigenvalue weighted by molar-refractivity contribution is 6.31. The number of likely N-dealkylation sites (tertiary alicyclic amines) is 1. The van der Waals surface area contributed by atoms with Crippen LogP contribution in [0.5, 0.6) is 0 Å². The number of benzene rings is 1. The molecule has 1 fully saturated rings. The first-order valence-electron chi connectivity index (χ1n) is 7.66. The number of carboxylic acids is 1. The number of piperidine rings is 1. The molecule has 6 heteroatoms. The van der Waals surface area contributed by atoms with E-state index >= 15 is 0 Å². The molecule has 1 aliphatic rings. The molecule has 5 nitrogen and oxygen atoms in total. The molecule has 0 bridgehead atoms. The van der Waals surface area contributed by atoms with Crippen molar-refractivity contribution < 1.29 is 19.4 Å². The van der Waals surface area contributed by atoms with Crippen LogP contribution < -0.4 is 0 Å². The fourth-order valence-corrected chi connectivity index (χ4v) is 3.12. The van der Waals surface area contributed by atoms with E-state index in [1.807, 2.05) is 18.2 Å². The molecule has 0 aliphatic carbocycles. The number of aliphatic carboxylic acids is 1. The number of hydrogen-bond donors (Lipinski definition) is 1. The molecule has 1 aromatic rings. The summed E-state index contributed by atoms with van der Waals surface area (Å²) in [7, 11) is 0. The molecular weight excluding hydrogens is 318 g/mol. The largest absolute Gasteiger partial charge is 0.480 e. The lowest BCUT2D eigenvalue weighted by molar-refractivity contribution is -0.144. The third-order valence-corrected chi connectivity index (χ3v) is 4.20. The van der Waals surface area contributed by atoms with Gasteiger partial charge in [0, 0.05) is 11.6 Å². The zero-order valence-corrected chi connectivity index (χ0v) is 14.3. The Hall–Kier alpha value is -1.75. The number of carboxylic acid groups (broad SMARTS) is 1. The first-order chi connectivity index (χ1) is 10.7. The van der Waals surface area contributed by atoms with Crippen LogP contribution in [0.1, 0.15) is 45.1 Å². The second kappa shape index (κ2) is 6.79. The standard InChI is InChI=1S/C17H22ClNO4/c1-17(2,3)23-16(22)19-9-8-11(10-14(19)15(20)21)12-6-4-5-7-13(12)18/h4-7,11,14H,8-10H2,1-3H3,(H,20,21). The molecule has 23 heavy (non-hydrogen) atoms. The summed E-state index contributed by atoms with van der Waals surface area (Å²) in [5.41, 5.74) is 0.281. The average Bonchev–Trinajstić information content (AvgIpc) is 2.45. The van der Waals surface area contributed by atoms with Crippen molar-refractivity contribution in [1.29, 1.82) is 0 Å². The van der Waals surface area contributed by atoms with Gasteiger partial charge in [0.15, 0.2) is 0 Å². The maximum Gasteiger partial charge on any atom is 0.411 e. The molecule has 1 N–H and O–H groups in total. The van der Waals surface area contributed by atoms with Crippen LogP contribution in [0.25, 0.3) is 0 Å². The maximum absolute atomic E-state index is 12.3. The van der Waals surface area contributed by atoms with Crippen LogP contribution in [0, 0.1) is 0 Å². The Morgan fingerprint density at radius 1 is 1.30 bits per heavy atom. The Morgan fingerprint density at radius 3 is 2.52 bits per heavy atom. The first kappa shape index (κ1) is 17.6. The van der Waals surface area contributed by atoms with Crippen LogP contribution in [-0.2, 0) is 9.53 Å². The third-order valence-electron chi connectivity index (χ3n) is 3.86. The molecule has 1 aliphatic heterocycles. The Bertz CT molecular complexity index is 597. The molecule has 0 radical (unpaired) electrons. The van der Waals surface area contributed by atoms with Crippen LogP contribution >= 0.6 is 11.6 Å². The lowest BCUT2D eigenvalue weighted by Crippen LogP contribution is -2.51. The number of carbonyl (C=O) groups excluding carboxylic acids is 1. The van der Waals surface area contributed by atoms with Crippen molar-refractivity contribution in [3.8, 4) is 0 Å². The predicted octanol–water partition coefficient (Wildman–Crippen LogP) is 3.91. The summed E-state index contributed by atoms with van der Waals surface area (Å²) in [6.45, 7) is 5.62. The zero-order chi connectivity index (χ0) is 17.2. The quantitative estimate of drug-likeness (QED) is 0.887. The highest BCUT2D eigenvalue weighted by Crippen LogP contribution is 2.35.